The molecular formula is C5H7N2O. The summed E-state index contributed by atoms with van der Waals surface area (Å²) >= 11 is 0. The molecule has 0 aliphatic heterocycles. The fraction of sp³-hybridized carbons (Fsp3) is 0.400. The van der Waals surface area contributed by atoms with Crippen LogP contribution in [0, 0.1) is 6.20 Å². The Balaban J connectivity index is 2.84. The normalized spacial score (nSPS) is 9.25. The van der Waals surface area contributed by atoms with Gasteiger partial charge in [-0.2, -0.15) is 5.10 Å². The molecule has 0 N–H and O–H groups in total. The van der Waals surface area contributed by atoms with E-state index in [-0.39, 0.29) is 0 Å². The lowest BCUT2D eigenvalue weighted by atomic mass is 10.7. The molecule has 0 aliphatic rings. The molecule has 0 unspecified atom stereocenters. The van der Waals surface area contributed by atoms with E-state index in [1.807, 2.05) is 0 Å². The van der Waals surface area contributed by atoms with Crippen LogP contribution in [0.3, 0.4) is 0 Å². The summed E-state index contributed by atoms with van der Waals surface area (Å²) in [5, 5.41) is 3.82. The van der Waals surface area contributed by atoms with Gasteiger partial charge in [0.05, 0.1) is 13.3 Å². The van der Waals surface area contributed by atoms with E-state index >= 15 is 0 Å². The Morgan fingerprint density at radius 2 is 2.62 bits per heavy atom. The number of aromatic nitrogens is 2. The summed E-state index contributed by atoms with van der Waals surface area (Å²) in [6.45, 7) is 0. The molecule has 1 aromatic heterocycles. The van der Waals surface area contributed by atoms with Crippen molar-refractivity contribution in [3.05, 3.63) is 12.4 Å². The minimum atomic E-state index is 0.674. The Bertz CT molecular complexity index is 171. The Morgan fingerprint density at radius 3 is 2.88 bits per heavy atom. The molecule has 1 radical (unpaired) electrons. The SMILES string of the molecule is COc1[c]n(C)nc1. The van der Waals surface area contributed by atoms with Gasteiger partial charge in [0.2, 0.25) is 0 Å². The maximum absolute atomic E-state index is 4.80. The second-order valence-electron chi connectivity index (χ2n) is 1.45. The quantitative estimate of drug-likeness (QED) is 0.518. The number of aryl methyl sites for hydroxylation is 1. The molecule has 0 saturated heterocycles. The first-order valence-corrected chi connectivity index (χ1v) is 2.28. The minimum absolute atomic E-state index is 0.674. The average Bonchev–Trinajstić information content (AvgIpc) is 2.14. The van der Waals surface area contributed by atoms with Crippen LogP contribution >= 0.6 is 0 Å². The third-order valence-corrected chi connectivity index (χ3v) is 0.840. The first-order valence-electron chi connectivity index (χ1n) is 2.28. The van der Waals surface area contributed by atoms with Crippen molar-refractivity contribution in [3.63, 3.8) is 0 Å². The van der Waals surface area contributed by atoms with E-state index in [2.05, 4.69) is 11.3 Å². The number of methoxy groups -OCH3 is 1. The molecule has 0 amide bonds. The Hall–Kier alpha value is -0.990. The van der Waals surface area contributed by atoms with Crippen LogP contribution in [0.2, 0.25) is 0 Å². The van der Waals surface area contributed by atoms with E-state index in [1.54, 1.807) is 25.0 Å². The van der Waals surface area contributed by atoms with Gasteiger partial charge < -0.3 is 4.74 Å². The Labute approximate surface area is 47.9 Å². The van der Waals surface area contributed by atoms with Crippen molar-refractivity contribution in [1.82, 2.24) is 9.78 Å². The summed E-state index contributed by atoms with van der Waals surface area (Å²) < 4.78 is 6.36. The van der Waals surface area contributed by atoms with Crippen LogP contribution in [0.1, 0.15) is 0 Å². The molecule has 0 aromatic carbocycles. The van der Waals surface area contributed by atoms with Gasteiger partial charge in [-0.25, -0.2) is 0 Å². The van der Waals surface area contributed by atoms with E-state index in [0.29, 0.717) is 5.75 Å². The van der Waals surface area contributed by atoms with Crippen molar-refractivity contribution in [1.29, 1.82) is 0 Å². The molecule has 3 heteroatoms. The largest absolute Gasteiger partial charge is 0.493 e. The number of hydrogen-bond donors (Lipinski definition) is 0. The fourth-order valence-electron chi connectivity index (χ4n) is 0.455. The molecule has 0 spiro atoms. The van der Waals surface area contributed by atoms with Gasteiger partial charge in [-0.05, 0) is 0 Å². The topological polar surface area (TPSA) is 27.1 Å². The molecule has 0 atom stereocenters. The van der Waals surface area contributed by atoms with Gasteiger partial charge in [0, 0.05) is 7.05 Å². The molecular weight excluding hydrogens is 104 g/mol. The van der Waals surface area contributed by atoms with Gasteiger partial charge in [0.1, 0.15) is 6.20 Å². The van der Waals surface area contributed by atoms with E-state index in [9.17, 15) is 0 Å². The fourth-order valence-corrected chi connectivity index (χ4v) is 0.455. The highest BCUT2D eigenvalue weighted by Crippen LogP contribution is 2.02. The summed E-state index contributed by atoms with van der Waals surface area (Å²) in [4.78, 5) is 0. The first kappa shape index (κ1) is 5.15. The Morgan fingerprint density at radius 1 is 1.88 bits per heavy atom. The van der Waals surface area contributed by atoms with Crippen molar-refractivity contribution in [2.24, 2.45) is 7.05 Å². The molecule has 1 rings (SSSR count). The van der Waals surface area contributed by atoms with Crippen LogP contribution in [0.25, 0.3) is 0 Å². The van der Waals surface area contributed by atoms with Crippen LogP contribution in [0.4, 0.5) is 0 Å². The molecule has 0 saturated carbocycles. The average molecular weight is 111 g/mol. The second kappa shape index (κ2) is 1.86. The number of nitrogens with zero attached hydrogens (tertiary/aromatic N) is 2. The number of hydrogen-bond acceptors (Lipinski definition) is 2. The van der Waals surface area contributed by atoms with E-state index in [1.165, 1.54) is 0 Å². The van der Waals surface area contributed by atoms with Crippen LogP contribution in [0.5, 0.6) is 5.75 Å². The molecule has 3 nitrogen and oxygen atoms in total. The zero-order valence-electron chi connectivity index (χ0n) is 4.88. The van der Waals surface area contributed by atoms with Gasteiger partial charge in [-0.3, -0.25) is 4.68 Å². The molecule has 1 heterocycles. The van der Waals surface area contributed by atoms with Crippen LogP contribution in [0.15, 0.2) is 6.20 Å². The van der Waals surface area contributed by atoms with Crippen LogP contribution < -0.4 is 4.74 Å². The van der Waals surface area contributed by atoms with Crippen LogP contribution in [-0.4, -0.2) is 16.9 Å². The van der Waals surface area contributed by atoms with E-state index in [4.69, 9.17) is 4.74 Å². The zero-order chi connectivity index (χ0) is 5.98. The number of rotatable bonds is 1. The lowest BCUT2D eigenvalue weighted by molar-refractivity contribution is 0.413. The summed E-state index contributed by atoms with van der Waals surface area (Å²) in [6, 6.07) is 0. The minimum Gasteiger partial charge on any atom is -0.493 e. The van der Waals surface area contributed by atoms with Crippen molar-refractivity contribution in [2.75, 3.05) is 7.11 Å². The maximum Gasteiger partial charge on any atom is 0.166 e. The molecule has 1 aromatic rings. The molecule has 0 bridgehead atoms. The van der Waals surface area contributed by atoms with Crippen molar-refractivity contribution >= 4 is 0 Å². The van der Waals surface area contributed by atoms with Crippen LogP contribution in [-0.2, 0) is 7.05 Å². The predicted molar refractivity (Wildman–Crippen MR) is 28.6 cm³/mol. The van der Waals surface area contributed by atoms with E-state index in [0.717, 1.165) is 0 Å². The van der Waals surface area contributed by atoms with Gasteiger partial charge in [-0.15, -0.1) is 0 Å². The summed E-state index contributed by atoms with van der Waals surface area (Å²) in [5.41, 5.74) is 0. The molecule has 8 heavy (non-hydrogen) atoms. The second-order valence-corrected chi connectivity index (χ2v) is 1.45. The third-order valence-electron chi connectivity index (χ3n) is 0.840. The molecule has 0 fully saturated rings. The van der Waals surface area contributed by atoms with Crippen molar-refractivity contribution in [3.8, 4) is 5.75 Å². The predicted octanol–water partition coefficient (Wildman–Crippen LogP) is 0.229. The lowest BCUT2D eigenvalue weighted by Gasteiger charge is -1.85. The highest BCUT2D eigenvalue weighted by atomic mass is 16.5. The van der Waals surface area contributed by atoms with Crippen molar-refractivity contribution in [2.45, 2.75) is 0 Å². The molecule has 43 valence electrons. The highest BCUT2D eigenvalue weighted by molar-refractivity contribution is 5.08. The smallest absolute Gasteiger partial charge is 0.166 e. The van der Waals surface area contributed by atoms with E-state index < -0.39 is 0 Å². The number of ether oxygens (including phenoxy) is 1. The van der Waals surface area contributed by atoms with Gasteiger partial charge in [-0.1, -0.05) is 0 Å². The summed E-state index contributed by atoms with van der Waals surface area (Å²) in [5.74, 6) is 0.674. The van der Waals surface area contributed by atoms with Crippen molar-refractivity contribution < 1.29 is 4.74 Å². The lowest BCUT2D eigenvalue weighted by Crippen LogP contribution is -1.85. The molecule has 0 aliphatic carbocycles. The standard InChI is InChI=1S/C5H7N2O/c1-7-4-5(8-2)3-6-7/h3H,1-2H3. The zero-order valence-corrected chi connectivity index (χ0v) is 4.88. The van der Waals surface area contributed by atoms with Gasteiger partial charge in [0.25, 0.3) is 0 Å². The van der Waals surface area contributed by atoms with Gasteiger partial charge >= 0.3 is 0 Å². The summed E-state index contributed by atoms with van der Waals surface area (Å²) in [6.07, 6.45) is 4.42. The highest BCUT2D eigenvalue weighted by Gasteiger charge is 1.90. The maximum atomic E-state index is 4.80. The summed E-state index contributed by atoms with van der Waals surface area (Å²) in [7, 11) is 3.38. The Kier molecular flexibility index (Phi) is 1.20. The third kappa shape index (κ3) is 0.804. The first-order chi connectivity index (χ1) is 3.83. The monoisotopic (exact) mass is 111 g/mol. The van der Waals surface area contributed by atoms with Gasteiger partial charge in [0.15, 0.2) is 5.75 Å².